The Labute approximate surface area is 195 Å². The van der Waals surface area contributed by atoms with Crippen LogP contribution in [0.15, 0.2) is 41.3 Å². The Balaban J connectivity index is 1.49. The summed E-state index contributed by atoms with van der Waals surface area (Å²) in [5, 5.41) is 5.34. The average Bonchev–Trinajstić information content (AvgIpc) is 2.81. The van der Waals surface area contributed by atoms with Crippen molar-refractivity contribution in [3.63, 3.8) is 0 Å². The number of nitrogens with two attached hydrogens (primary N) is 1. The molecular weight excluding hydrogens is 442 g/mol. The van der Waals surface area contributed by atoms with Gasteiger partial charge in [0.15, 0.2) is 0 Å². The number of anilines is 1. The van der Waals surface area contributed by atoms with Gasteiger partial charge in [-0.2, -0.15) is 0 Å². The van der Waals surface area contributed by atoms with Gasteiger partial charge in [-0.05, 0) is 55.3 Å². The molecule has 2 aliphatic rings. The van der Waals surface area contributed by atoms with Crippen molar-refractivity contribution < 1.29 is 22.7 Å². The van der Waals surface area contributed by atoms with Gasteiger partial charge in [0.25, 0.3) is 5.91 Å². The first-order valence-electron chi connectivity index (χ1n) is 11.2. The molecule has 2 heterocycles. The van der Waals surface area contributed by atoms with E-state index in [1.165, 1.54) is 23.3 Å². The zero-order valence-electron chi connectivity index (χ0n) is 19.1. The Hall–Kier alpha value is -2.62. The second kappa shape index (κ2) is 9.70. The Kier molecular flexibility index (Phi) is 6.92. The van der Waals surface area contributed by atoms with E-state index >= 15 is 0 Å². The van der Waals surface area contributed by atoms with Gasteiger partial charge in [-0.25, -0.2) is 13.6 Å². The lowest BCUT2D eigenvalue weighted by Crippen LogP contribution is -2.43. The number of piperidine rings is 1. The van der Waals surface area contributed by atoms with Gasteiger partial charge in [0, 0.05) is 44.7 Å². The van der Waals surface area contributed by atoms with E-state index in [4.69, 9.17) is 14.6 Å². The van der Waals surface area contributed by atoms with Crippen LogP contribution in [0.3, 0.4) is 0 Å². The van der Waals surface area contributed by atoms with Gasteiger partial charge >= 0.3 is 0 Å². The van der Waals surface area contributed by atoms with Crippen LogP contribution in [0.2, 0.25) is 0 Å². The molecular formula is C24H31N3O5S. The normalized spacial score (nSPS) is 17.8. The number of rotatable bonds is 5. The maximum absolute atomic E-state index is 13.5. The lowest BCUT2D eigenvalue weighted by Gasteiger charge is -2.34. The Morgan fingerprint density at radius 3 is 2.33 bits per heavy atom. The molecule has 0 aliphatic carbocycles. The average molecular weight is 474 g/mol. The molecule has 1 amide bonds. The van der Waals surface area contributed by atoms with Crippen molar-refractivity contribution in [3.8, 4) is 5.75 Å². The minimum Gasteiger partial charge on any atom is -0.490 e. The summed E-state index contributed by atoms with van der Waals surface area (Å²) in [6, 6.07) is 10.6. The summed E-state index contributed by atoms with van der Waals surface area (Å²) < 4.78 is 35.4. The minimum atomic E-state index is -3.92. The molecule has 8 nitrogen and oxygen atoms in total. The predicted molar refractivity (Wildman–Crippen MR) is 126 cm³/mol. The van der Waals surface area contributed by atoms with Gasteiger partial charge < -0.3 is 19.3 Å². The summed E-state index contributed by atoms with van der Waals surface area (Å²) in [5.41, 5.74) is 3.48. The van der Waals surface area contributed by atoms with Crippen LogP contribution < -0.4 is 14.8 Å². The van der Waals surface area contributed by atoms with Crippen molar-refractivity contribution in [1.29, 1.82) is 0 Å². The molecule has 2 saturated heterocycles. The lowest BCUT2D eigenvalue weighted by atomic mass is 10.0. The third-order valence-corrected chi connectivity index (χ3v) is 7.30. The highest BCUT2D eigenvalue weighted by Crippen LogP contribution is 2.28. The number of aryl methyl sites for hydroxylation is 2. The fraction of sp³-hybridized carbons (Fsp3) is 0.458. The molecule has 2 aromatic rings. The lowest BCUT2D eigenvalue weighted by molar-refractivity contribution is 0.0595. The van der Waals surface area contributed by atoms with E-state index in [2.05, 4.69) is 24.8 Å². The summed E-state index contributed by atoms with van der Waals surface area (Å²) in [7, 11) is -3.92. The third kappa shape index (κ3) is 5.48. The summed E-state index contributed by atoms with van der Waals surface area (Å²) >= 11 is 0. The molecule has 178 valence electrons. The van der Waals surface area contributed by atoms with E-state index in [0.29, 0.717) is 63.5 Å². The number of carbonyl (C=O) groups excluding carboxylic acids is 1. The van der Waals surface area contributed by atoms with E-state index in [1.807, 2.05) is 12.1 Å². The number of hydrogen-bond donors (Lipinski definition) is 1. The van der Waals surface area contributed by atoms with E-state index < -0.39 is 10.0 Å². The Bertz CT molecular complexity index is 1120. The molecule has 4 rings (SSSR count). The van der Waals surface area contributed by atoms with Crippen molar-refractivity contribution in [2.45, 2.75) is 37.7 Å². The van der Waals surface area contributed by atoms with Crippen LogP contribution in [0.25, 0.3) is 0 Å². The fourth-order valence-electron chi connectivity index (χ4n) is 4.27. The fourth-order valence-corrected chi connectivity index (χ4v) is 4.81. The number of sulfonamides is 1. The number of primary sulfonamides is 1. The molecule has 2 fully saturated rings. The molecule has 0 aromatic heterocycles. The van der Waals surface area contributed by atoms with Gasteiger partial charge in [-0.15, -0.1) is 0 Å². The summed E-state index contributed by atoms with van der Waals surface area (Å²) in [4.78, 5) is 17.2. The molecule has 2 aliphatic heterocycles. The van der Waals surface area contributed by atoms with Gasteiger partial charge in [0.2, 0.25) is 10.0 Å². The molecule has 0 bridgehead atoms. The molecule has 9 heteroatoms. The van der Waals surface area contributed by atoms with Crippen LogP contribution >= 0.6 is 0 Å². The zero-order chi connectivity index (χ0) is 23.6. The third-order valence-electron chi connectivity index (χ3n) is 6.39. The van der Waals surface area contributed by atoms with Gasteiger partial charge in [0.1, 0.15) is 11.9 Å². The smallest absolute Gasteiger partial charge is 0.256 e. The largest absolute Gasteiger partial charge is 0.490 e. The first-order chi connectivity index (χ1) is 15.7. The number of nitrogens with zero attached hydrogens (tertiary/aromatic N) is 2. The van der Waals surface area contributed by atoms with Gasteiger partial charge in [0.05, 0.1) is 23.7 Å². The van der Waals surface area contributed by atoms with Crippen LogP contribution in [-0.4, -0.2) is 64.7 Å². The highest BCUT2D eigenvalue weighted by atomic mass is 32.2. The molecule has 33 heavy (non-hydrogen) atoms. The van der Waals surface area contributed by atoms with Crippen LogP contribution in [0, 0.1) is 13.8 Å². The maximum atomic E-state index is 13.5. The van der Waals surface area contributed by atoms with Crippen LogP contribution in [0.5, 0.6) is 5.75 Å². The van der Waals surface area contributed by atoms with Gasteiger partial charge in [-0.1, -0.05) is 6.07 Å². The van der Waals surface area contributed by atoms with Crippen molar-refractivity contribution in [1.82, 2.24) is 4.90 Å². The summed E-state index contributed by atoms with van der Waals surface area (Å²) in [5.74, 6) is 0.657. The van der Waals surface area contributed by atoms with Crippen LogP contribution in [-0.2, 0) is 14.8 Å². The van der Waals surface area contributed by atoms with E-state index in [0.717, 1.165) is 5.75 Å². The number of benzene rings is 2. The number of morpholine rings is 1. The molecule has 2 N–H and O–H groups in total. The number of likely N-dealkylation sites (tertiary alicyclic amines) is 1. The molecule has 2 aromatic carbocycles. The van der Waals surface area contributed by atoms with E-state index in [1.54, 1.807) is 11.0 Å². The van der Waals surface area contributed by atoms with Crippen molar-refractivity contribution in [2.75, 3.05) is 44.3 Å². The molecule has 0 unspecified atom stereocenters. The van der Waals surface area contributed by atoms with Crippen LogP contribution in [0.1, 0.15) is 34.3 Å². The van der Waals surface area contributed by atoms with E-state index in [-0.39, 0.29) is 16.9 Å². The second-order valence-electron chi connectivity index (χ2n) is 8.68. The first-order valence-corrected chi connectivity index (χ1v) is 12.8. The standard InChI is InChI=1S/C24H31N3O5S/c1-17-3-4-20(15-18(17)2)32-19-7-9-27(10-8-19)24(28)22-16-21(33(25,29)30)5-6-23(22)26-11-13-31-14-12-26/h3-6,15-16,19H,7-14H2,1-2H3,(H2,25,29,30). The molecule has 0 radical (unpaired) electrons. The maximum Gasteiger partial charge on any atom is 0.256 e. The highest BCUT2D eigenvalue weighted by molar-refractivity contribution is 7.89. The monoisotopic (exact) mass is 473 g/mol. The van der Waals surface area contributed by atoms with Crippen LogP contribution in [0.4, 0.5) is 5.69 Å². The Morgan fingerprint density at radius 2 is 1.70 bits per heavy atom. The number of carbonyl (C=O) groups is 1. The highest BCUT2D eigenvalue weighted by Gasteiger charge is 2.29. The van der Waals surface area contributed by atoms with Crippen molar-refractivity contribution >= 4 is 21.6 Å². The minimum absolute atomic E-state index is 0.0330. The molecule has 0 spiro atoms. The number of hydrogen-bond acceptors (Lipinski definition) is 6. The molecule has 0 saturated carbocycles. The number of ether oxygens (including phenoxy) is 2. The van der Waals surface area contributed by atoms with Gasteiger partial charge in [-0.3, -0.25) is 4.79 Å². The molecule has 0 atom stereocenters. The van der Waals surface area contributed by atoms with Crippen molar-refractivity contribution in [3.05, 3.63) is 53.1 Å². The zero-order valence-corrected chi connectivity index (χ0v) is 19.9. The quantitative estimate of drug-likeness (QED) is 0.716. The Morgan fingerprint density at radius 1 is 1.00 bits per heavy atom. The number of amides is 1. The summed E-state index contributed by atoms with van der Waals surface area (Å²) in [6.07, 6.45) is 1.45. The van der Waals surface area contributed by atoms with Crippen molar-refractivity contribution in [2.24, 2.45) is 5.14 Å². The summed E-state index contributed by atoms with van der Waals surface area (Å²) in [6.45, 7) is 7.61. The van der Waals surface area contributed by atoms with E-state index in [9.17, 15) is 13.2 Å². The second-order valence-corrected chi connectivity index (χ2v) is 10.2. The topological polar surface area (TPSA) is 102 Å². The predicted octanol–water partition coefficient (Wildman–Crippen LogP) is 2.47. The first kappa shape index (κ1) is 23.5. The SMILES string of the molecule is Cc1ccc(OC2CCN(C(=O)c3cc(S(N)(=O)=O)ccc3N3CCOCC3)CC2)cc1C.